The van der Waals surface area contributed by atoms with Crippen molar-refractivity contribution >= 4 is 17.3 Å². The summed E-state index contributed by atoms with van der Waals surface area (Å²) in [6.07, 6.45) is 2.17. The number of carbonyl (C=O) groups excluding carboxylic acids is 1. The molecule has 0 unspecified atom stereocenters. The van der Waals surface area contributed by atoms with Crippen LogP contribution < -0.4 is 16.4 Å². The van der Waals surface area contributed by atoms with Gasteiger partial charge in [0.15, 0.2) is 0 Å². The first kappa shape index (κ1) is 15.1. The Kier molecular flexibility index (Phi) is 4.80. The first-order valence-corrected chi connectivity index (χ1v) is 7.97. The smallest absolute Gasteiger partial charge is 0.251 e. The van der Waals surface area contributed by atoms with Crippen molar-refractivity contribution in [2.75, 3.05) is 50.4 Å². The summed E-state index contributed by atoms with van der Waals surface area (Å²) in [5.41, 5.74) is 8.18. The molecule has 2 fully saturated rings. The van der Waals surface area contributed by atoms with Crippen molar-refractivity contribution in [1.29, 1.82) is 0 Å². The van der Waals surface area contributed by atoms with Crippen molar-refractivity contribution in [1.82, 2.24) is 10.2 Å². The number of rotatable bonds is 6. The van der Waals surface area contributed by atoms with Gasteiger partial charge in [0.05, 0.1) is 24.6 Å². The number of carbonyl (C=O) groups is 1. The molecule has 22 heavy (non-hydrogen) atoms. The van der Waals surface area contributed by atoms with E-state index in [9.17, 15) is 4.79 Å². The highest BCUT2D eigenvalue weighted by molar-refractivity contribution is 5.96. The van der Waals surface area contributed by atoms with E-state index in [1.54, 1.807) is 6.07 Å². The van der Waals surface area contributed by atoms with Crippen LogP contribution in [0.1, 0.15) is 23.2 Å². The zero-order valence-corrected chi connectivity index (χ0v) is 12.8. The van der Waals surface area contributed by atoms with E-state index in [1.165, 1.54) is 0 Å². The third kappa shape index (κ3) is 4.11. The lowest BCUT2D eigenvalue weighted by Gasteiger charge is -2.26. The summed E-state index contributed by atoms with van der Waals surface area (Å²) in [5.74, 6) is -0.0333. The third-order valence-electron chi connectivity index (χ3n) is 4.07. The van der Waals surface area contributed by atoms with Gasteiger partial charge in [-0.1, -0.05) is 0 Å². The van der Waals surface area contributed by atoms with Gasteiger partial charge in [-0.25, -0.2) is 0 Å². The molecule has 0 radical (unpaired) electrons. The van der Waals surface area contributed by atoms with E-state index in [0.717, 1.165) is 57.9 Å². The Morgan fingerprint density at radius 1 is 1.32 bits per heavy atom. The van der Waals surface area contributed by atoms with Gasteiger partial charge in [-0.3, -0.25) is 9.69 Å². The normalized spacial score (nSPS) is 18.9. The Labute approximate surface area is 131 Å². The van der Waals surface area contributed by atoms with Crippen LogP contribution in [-0.2, 0) is 4.74 Å². The second kappa shape index (κ2) is 6.98. The largest absolute Gasteiger partial charge is 0.397 e. The van der Waals surface area contributed by atoms with Crippen LogP contribution in [0.15, 0.2) is 18.2 Å². The highest BCUT2D eigenvalue weighted by Crippen LogP contribution is 2.22. The van der Waals surface area contributed by atoms with Crippen molar-refractivity contribution in [3.05, 3.63) is 23.8 Å². The monoisotopic (exact) mass is 304 g/mol. The second-order valence-electron chi connectivity index (χ2n) is 5.93. The highest BCUT2D eigenvalue weighted by atomic mass is 16.5. The van der Waals surface area contributed by atoms with Crippen LogP contribution in [0.3, 0.4) is 0 Å². The molecule has 4 N–H and O–H groups in total. The molecule has 1 amide bonds. The Morgan fingerprint density at radius 2 is 2.09 bits per heavy atom. The molecule has 120 valence electrons. The molecular weight excluding hydrogens is 280 g/mol. The number of morpholine rings is 1. The van der Waals surface area contributed by atoms with Crippen molar-refractivity contribution in [2.24, 2.45) is 0 Å². The minimum Gasteiger partial charge on any atom is -0.397 e. The Balaban J connectivity index is 1.49. The van der Waals surface area contributed by atoms with Gasteiger partial charge in [0.1, 0.15) is 0 Å². The Hall–Kier alpha value is -1.79. The number of nitrogens with zero attached hydrogens (tertiary/aromatic N) is 1. The van der Waals surface area contributed by atoms with Gasteiger partial charge in [-0.15, -0.1) is 0 Å². The van der Waals surface area contributed by atoms with E-state index in [-0.39, 0.29) is 5.91 Å². The van der Waals surface area contributed by atoms with Gasteiger partial charge in [0.25, 0.3) is 5.91 Å². The first-order valence-electron chi connectivity index (χ1n) is 7.97. The van der Waals surface area contributed by atoms with E-state index < -0.39 is 0 Å². The Morgan fingerprint density at radius 3 is 2.77 bits per heavy atom. The number of hydrogen-bond acceptors (Lipinski definition) is 5. The molecule has 1 heterocycles. The summed E-state index contributed by atoms with van der Waals surface area (Å²) in [7, 11) is 0. The first-order chi connectivity index (χ1) is 10.7. The number of amides is 1. The Bertz CT molecular complexity index is 525. The molecule has 3 rings (SSSR count). The van der Waals surface area contributed by atoms with E-state index in [1.807, 2.05) is 12.1 Å². The maximum atomic E-state index is 12.0. The number of nitrogens with one attached hydrogen (secondary N) is 2. The van der Waals surface area contributed by atoms with Crippen LogP contribution in [-0.4, -0.2) is 56.2 Å². The average molecular weight is 304 g/mol. The standard InChI is InChI=1S/C16H24N4O2/c17-14-11-12(16(21)19-13-2-3-13)1-4-15(14)18-5-6-20-7-9-22-10-8-20/h1,4,11,13,18H,2-3,5-10,17H2,(H,19,21). The molecule has 1 saturated heterocycles. The lowest BCUT2D eigenvalue weighted by atomic mass is 10.1. The molecule has 2 aliphatic rings. The topological polar surface area (TPSA) is 79.6 Å². The van der Waals surface area contributed by atoms with Gasteiger partial charge >= 0.3 is 0 Å². The predicted octanol–water partition coefficient (Wildman–Crippen LogP) is 0.905. The number of ether oxygens (including phenoxy) is 1. The van der Waals surface area contributed by atoms with Gasteiger partial charge in [0.2, 0.25) is 0 Å². The minimum atomic E-state index is -0.0333. The van der Waals surface area contributed by atoms with Gasteiger partial charge in [-0.05, 0) is 31.0 Å². The number of benzene rings is 1. The van der Waals surface area contributed by atoms with E-state index in [4.69, 9.17) is 10.5 Å². The lowest BCUT2D eigenvalue weighted by molar-refractivity contribution is 0.0398. The van der Waals surface area contributed by atoms with Crippen LogP contribution in [0.5, 0.6) is 0 Å². The summed E-state index contributed by atoms with van der Waals surface area (Å²) >= 11 is 0. The summed E-state index contributed by atoms with van der Waals surface area (Å²) in [5, 5.41) is 6.31. The molecule has 6 heteroatoms. The average Bonchev–Trinajstić information content (AvgIpc) is 3.34. The highest BCUT2D eigenvalue weighted by Gasteiger charge is 2.23. The summed E-state index contributed by atoms with van der Waals surface area (Å²) in [6, 6.07) is 5.82. The van der Waals surface area contributed by atoms with E-state index >= 15 is 0 Å². The lowest BCUT2D eigenvalue weighted by Crippen LogP contribution is -2.39. The fourth-order valence-electron chi connectivity index (χ4n) is 2.53. The summed E-state index contributed by atoms with van der Waals surface area (Å²) < 4.78 is 5.33. The number of nitrogens with two attached hydrogens (primary N) is 1. The van der Waals surface area contributed by atoms with E-state index in [2.05, 4.69) is 15.5 Å². The maximum Gasteiger partial charge on any atom is 0.251 e. The maximum absolute atomic E-state index is 12.0. The molecule has 6 nitrogen and oxygen atoms in total. The van der Waals surface area contributed by atoms with Gasteiger partial charge in [-0.2, -0.15) is 0 Å². The molecule has 1 aromatic rings. The van der Waals surface area contributed by atoms with Gasteiger partial charge in [0, 0.05) is 37.8 Å². The quantitative estimate of drug-likeness (QED) is 0.681. The van der Waals surface area contributed by atoms with Crippen LogP contribution in [0.25, 0.3) is 0 Å². The SMILES string of the molecule is Nc1cc(C(=O)NC2CC2)ccc1NCCN1CCOCC1. The molecular formula is C16H24N4O2. The van der Waals surface area contributed by atoms with Crippen LogP contribution >= 0.6 is 0 Å². The molecule has 1 aliphatic carbocycles. The van der Waals surface area contributed by atoms with Crippen molar-refractivity contribution in [3.8, 4) is 0 Å². The van der Waals surface area contributed by atoms with Crippen LogP contribution in [0, 0.1) is 0 Å². The molecule has 0 bridgehead atoms. The number of hydrogen-bond donors (Lipinski definition) is 3. The zero-order valence-electron chi connectivity index (χ0n) is 12.8. The minimum absolute atomic E-state index is 0.0333. The predicted molar refractivity (Wildman–Crippen MR) is 87.1 cm³/mol. The fraction of sp³-hybridized carbons (Fsp3) is 0.562. The molecule has 0 atom stereocenters. The zero-order chi connectivity index (χ0) is 15.4. The summed E-state index contributed by atoms with van der Waals surface area (Å²) in [6.45, 7) is 5.39. The molecule has 0 spiro atoms. The summed E-state index contributed by atoms with van der Waals surface area (Å²) in [4.78, 5) is 14.3. The molecule has 0 aromatic heterocycles. The molecule has 1 aromatic carbocycles. The van der Waals surface area contributed by atoms with Crippen LogP contribution in [0.4, 0.5) is 11.4 Å². The van der Waals surface area contributed by atoms with Crippen molar-refractivity contribution < 1.29 is 9.53 Å². The third-order valence-corrected chi connectivity index (χ3v) is 4.07. The van der Waals surface area contributed by atoms with E-state index in [0.29, 0.717) is 17.3 Å². The van der Waals surface area contributed by atoms with Crippen molar-refractivity contribution in [2.45, 2.75) is 18.9 Å². The second-order valence-corrected chi connectivity index (χ2v) is 5.93. The van der Waals surface area contributed by atoms with Crippen molar-refractivity contribution in [3.63, 3.8) is 0 Å². The number of nitrogen functional groups attached to an aromatic ring is 1. The number of anilines is 2. The molecule has 1 aliphatic heterocycles. The fourth-order valence-corrected chi connectivity index (χ4v) is 2.53. The van der Waals surface area contributed by atoms with Gasteiger partial charge < -0.3 is 21.1 Å². The molecule has 1 saturated carbocycles. The van der Waals surface area contributed by atoms with Crippen LogP contribution in [0.2, 0.25) is 0 Å².